The van der Waals surface area contributed by atoms with E-state index in [1.54, 1.807) is 29.0 Å². The maximum absolute atomic E-state index is 12.5. The third-order valence-corrected chi connectivity index (χ3v) is 5.22. The summed E-state index contributed by atoms with van der Waals surface area (Å²) in [7, 11) is 0. The molecule has 0 saturated carbocycles. The van der Waals surface area contributed by atoms with Crippen molar-refractivity contribution in [2.24, 2.45) is 0 Å². The van der Waals surface area contributed by atoms with Gasteiger partial charge in [-0.2, -0.15) is 9.61 Å². The Morgan fingerprint density at radius 2 is 2.10 bits per heavy atom. The first-order valence-corrected chi connectivity index (χ1v) is 10.5. The Balaban J connectivity index is 1.41. The van der Waals surface area contributed by atoms with Crippen LogP contribution in [0.3, 0.4) is 0 Å². The van der Waals surface area contributed by atoms with Gasteiger partial charge < -0.3 is 10.1 Å². The standard InChI is InChI=1S/C20H18N6O2S2/c1-2-9-28-16-8-4-5-13(11-16)17(27)23-19(29)22-15-7-3-6-14(10-15)18-25-26-12-21-24-20(26)30-18/h3-8,10-12H,2,9H2,1H3,(H2,22,23,27,29). The van der Waals surface area contributed by atoms with Crippen LogP contribution in [0.4, 0.5) is 5.69 Å². The topological polar surface area (TPSA) is 93.4 Å². The summed E-state index contributed by atoms with van der Waals surface area (Å²) in [5.41, 5.74) is 2.12. The minimum Gasteiger partial charge on any atom is -0.494 e. The maximum atomic E-state index is 12.5. The second-order valence-electron chi connectivity index (χ2n) is 6.33. The van der Waals surface area contributed by atoms with E-state index in [1.807, 2.05) is 37.3 Å². The molecule has 0 atom stereocenters. The molecule has 0 saturated heterocycles. The normalized spacial score (nSPS) is 10.7. The van der Waals surface area contributed by atoms with Crippen LogP contribution >= 0.6 is 23.6 Å². The molecule has 4 aromatic rings. The Bertz CT molecular complexity index is 1170. The average molecular weight is 439 g/mol. The Morgan fingerprint density at radius 1 is 1.23 bits per heavy atom. The van der Waals surface area contributed by atoms with Crippen LogP contribution in [0.25, 0.3) is 15.5 Å². The fraction of sp³-hybridized carbons (Fsp3) is 0.150. The van der Waals surface area contributed by atoms with E-state index in [1.165, 1.54) is 11.3 Å². The molecule has 0 aliphatic rings. The number of hydrogen-bond acceptors (Lipinski definition) is 7. The minimum atomic E-state index is -0.306. The minimum absolute atomic E-state index is 0.204. The number of rotatable bonds is 6. The summed E-state index contributed by atoms with van der Waals surface area (Å²) in [6.07, 6.45) is 2.46. The zero-order chi connectivity index (χ0) is 20.9. The highest BCUT2D eigenvalue weighted by atomic mass is 32.1. The first-order chi connectivity index (χ1) is 14.6. The molecule has 2 aromatic heterocycles. The zero-order valence-electron chi connectivity index (χ0n) is 16.0. The van der Waals surface area contributed by atoms with Crippen LogP contribution in [-0.4, -0.2) is 37.4 Å². The molecule has 0 aliphatic heterocycles. The fourth-order valence-corrected chi connectivity index (χ4v) is 3.72. The number of nitrogens with zero attached hydrogens (tertiary/aromatic N) is 4. The molecular weight excluding hydrogens is 420 g/mol. The van der Waals surface area contributed by atoms with Gasteiger partial charge in [-0.1, -0.05) is 36.5 Å². The molecule has 0 radical (unpaired) electrons. The van der Waals surface area contributed by atoms with Gasteiger partial charge in [0.15, 0.2) is 5.11 Å². The molecule has 0 aliphatic carbocycles. The first kappa shape index (κ1) is 19.9. The van der Waals surface area contributed by atoms with Crippen molar-refractivity contribution in [2.75, 3.05) is 11.9 Å². The number of fused-ring (bicyclic) bond motifs is 1. The van der Waals surface area contributed by atoms with Crippen LogP contribution in [0, 0.1) is 0 Å². The number of carbonyl (C=O) groups excluding carboxylic acids is 1. The predicted molar refractivity (Wildman–Crippen MR) is 120 cm³/mol. The van der Waals surface area contributed by atoms with E-state index in [0.29, 0.717) is 17.9 Å². The number of amides is 1. The van der Waals surface area contributed by atoms with Crippen LogP contribution in [0.2, 0.25) is 0 Å². The highest BCUT2D eigenvalue weighted by Crippen LogP contribution is 2.26. The van der Waals surface area contributed by atoms with Crippen LogP contribution in [0.15, 0.2) is 54.9 Å². The smallest absolute Gasteiger partial charge is 0.257 e. The molecule has 4 rings (SSSR count). The lowest BCUT2D eigenvalue weighted by atomic mass is 10.2. The Labute approximate surface area is 181 Å². The van der Waals surface area contributed by atoms with Gasteiger partial charge in [0.05, 0.1) is 6.61 Å². The Kier molecular flexibility index (Phi) is 5.96. The Hall–Kier alpha value is -3.37. The molecule has 0 bridgehead atoms. The quantitative estimate of drug-likeness (QED) is 0.443. The summed E-state index contributed by atoms with van der Waals surface area (Å²) >= 11 is 6.74. The van der Waals surface area contributed by atoms with Crippen molar-refractivity contribution in [2.45, 2.75) is 13.3 Å². The molecule has 152 valence electrons. The summed E-state index contributed by atoms with van der Waals surface area (Å²) in [5.74, 6) is 0.348. The van der Waals surface area contributed by atoms with Crippen molar-refractivity contribution in [3.8, 4) is 16.3 Å². The summed E-state index contributed by atoms with van der Waals surface area (Å²) in [5, 5.41) is 19.0. The van der Waals surface area contributed by atoms with Crippen molar-refractivity contribution >= 4 is 45.2 Å². The first-order valence-electron chi connectivity index (χ1n) is 9.25. The van der Waals surface area contributed by atoms with Gasteiger partial charge in [0.2, 0.25) is 4.96 Å². The van der Waals surface area contributed by atoms with Crippen LogP contribution in [-0.2, 0) is 0 Å². The Morgan fingerprint density at radius 3 is 2.93 bits per heavy atom. The van der Waals surface area contributed by atoms with Gasteiger partial charge in [0, 0.05) is 16.8 Å². The summed E-state index contributed by atoms with van der Waals surface area (Å²) in [6.45, 7) is 2.63. The van der Waals surface area contributed by atoms with Gasteiger partial charge in [0.25, 0.3) is 5.91 Å². The number of hydrogen-bond donors (Lipinski definition) is 2. The van der Waals surface area contributed by atoms with Crippen molar-refractivity contribution in [3.05, 3.63) is 60.4 Å². The maximum Gasteiger partial charge on any atom is 0.257 e. The SMILES string of the molecule is CCCOc1cccc(C(=O)NC(=S)Nc2cccc(-c3nn4cnnc4s3)c2)c1. The molecule has 30 heavy (non-hydrogen) atoms. The highest BCUT2D eigenvalue weighted by Gasteiger charge is 2.11. The molecule has 2 aromatic carbocycles. The summed E-state index contributed by atoms with van der Waals surface area (Å²) in [4.78, 5) is 13.2. The molecule has 8 nitrogen and oxygen atoms in total. The number of nitrogens with one attached hydrogen (secondary N) is 2. The average Bonchev–Trinajstić information content (AvgIpc) is 3.35. The molecule has 0 unspecified atom stereocenters. The summed E-state index contributed by atoms with van der Waals surface area (Å²) in [6, 6.07) is 14.6. The molecule has 2 heterocycles. The fourth-order valence-electron chi connectivity index (χ4n) is 2.69. The van der Waals surface area contributed by atoms with Crippen molar-refractivity contribution in [3.63, 3.8) is 0 Å². The van der Waals surface area contributed by atoms with E-state index in [2.05, 4.69) is 25.9 Å². The van der Waals surface area contributed by atoms with Crippen molar-refractivity contribution < 1.29 is 9.53 Å². The van der Waals surface area contributed by atoms with Gasteiger partial charge in [-0.25, -0.2) is 0 Å². The largest absolute Gasteiger partial charge is 0.494 e. The molecular formula is C20H18N6O2S2. The zero-order valence-corrected chi connectivity index (χ0v) is 17.7. The van der Waals surface area contributed by atoms with E-state index in [9.17, 15) is 4.79 Å². The number of aromatic nitrogens is 4. The van der Waals surface area contributed by atoms with E-state index in [0.717, 1.165) is 27.6 Å². The van der Waals surface area contributed by atoms with Gasteiger partial charge in [-0.05, 0) is 49.0 Å². The second kappa shape index (κ2) is 8.97. The highest BCUT2D eigenvalue weighted by molar-refractivity contribution is 7.80. The number of ether oxygens (including phenoxy) is 1. The predicted octanol–water partition coefficient (Wildman–Crippen LogP) is 3.77. The van der Waals surface area contributed by atoms with Crippen LogP contribution in [0.1, 0.15) is 23.7 Å². The van der Waals surface area contributed by atoms with Gasteiger partial charge in [0.1, 0.15) is 17.1 Å². The molecule has 0 spiro atoms. The van der Waals surface area contributed by atoms with Gasteiger partial charge in [-0.15, -0.1) is 10.2 Å². The second-order valence-corrected chi connectivity index (χ2v) is 7.69. The van der Waals surface area contributed by atoms with Gasteiger partial charge >= 0.3 is 0 Å². The number of anilines is 1. The number of carbonyl (C=O) groups is 1. The van der Waals surface area contributed by atoms with E-state index in [4.69, 9.17) is 17.0 Å². The molecule has 1 amide bonds. The monoisotopic (exact) mass is 438 g/mol. The lowest BCUT2D eigenvalue weighted by Crippen LogP contribution is -2.34. The molecule has 0 fully saturated rings. The molecule has 2 N–H and O–H groups in total. The van der Waals surface area contributed by atoms with E-state index >= 15 is 0 Å². The van der Waals surface area contributed by atoms with Crippen LogP contribution in [0.5, 0.6) is 5.75 Å². The van der Waals surface area contributed by atoms with Crippen molar-refractivity contribution in [1.29, 1.82) is 0 Å². The third-order valence-electron chi connectivity index (χ3n) is 4.05. The van der Waals surface area contributed by atoms with E-state index in [-0.39, 0.29) is 11.0 Å². The van der Waals surface area contributed by atoms with E-state index < -0.39 is 0 Å². The van der Waals surface area contributed by atoms with Gasteiger partial charge in [-0.3, -0.25) is 10.1 Å². The number of benzene rings is 2. The third kappa shape index (κ3) is 4.61. The van der Waals surface area contributed by atoms with Crippen molar-refractivity contribution in [1.82, 2.24) is 25.1 Å². The summed E-state index contributed by atoms with van der Waals surface area (Å²) < 4.78 is 7.20. The number of thiocarbonyl (C=S) groups is 1. The lowest BCUT2D eigenvalue weighted by molar-refractivity contribution is 0.0977. The van der Waals surface area contributed by atoms with Crippen LogP contribution < -0.4 is 15.4 Å². The lowest BCUT2D eigenvalue weighted by Gasteiger charge is -2.11. The molecule has 10 heteroatoms.